The van der Waals surface area contributed by atoms with Gasteiger partial charge in [-0.25, -0.2) is 9.97 Å². The average Bonchev–Trinajstić information content (AvgIpc) is 3.60. The van der Waals surface area contributed by atoms with Gasteiger partial charge in [-0.1, -0.05) is 118 Å². The van der Waals surface area contributed by atoms with Crippen LogP contribution in [0.15, 0.2) is 170 Å². The van der Waals surface area contributed by atoms with Gasteiger partial charge in [0.1, 0.15) is 0 Å². The van der Waals surface area contributed by atoms with Crippen LogP contribution in [0.3, 0.4) is 0 Å². The Balaban J connectivity index is 1.00. The molecule has 2 aliphatic carbocycles. The van der Waals surface area contributed by atoms with E-state index in [2.05, 4.69) is 196 Å². The molecule has 0 spiro atoms. The number of benzene rings is 6. The van der Waals surface area contributed by atoms with Crippen LogP contribution < -0.4 is 9.80 Å². The van der Waals surface area contributed by atoms with Gasteiger partial charge in [0.05, 0.1) is 40.4 Å². The zero-order valence-corrected chi connectivity index (χ0v) is 32.9. The van der Waals surface area contributed by atoms with Crippen LogP contribution >= 0.6 is 0 Å². The van der Waals surface area contributed by atoms with E-state index < -0.39 is 0 Å². The minimum Gasteiger partial charge on any atom is -0.310 e. The molecule has 0 bridgehead atoms. The Hall–Kier alpha value is -6.85. The first kappa shape index (κ1) is 34.6. The molecule has 0 saturated carbocycles. The lowest BCUT2D eigenvalue weighted by atomic mass is 9.84. The molecule has 5 nitrogen and oxygen atoms in total. The average molecular weight is 738 g/mol. The number of rotatable bonds is 7. The second-order valence-corrected chi connectivity index (χ2v) is 16.3. The van der Waals surface area contributed by atoms with Crippen molar-refractivity contribution in [1.29, 1.82) is 0 Å². The normalized spacial score (nSPS) is 14.0. The van der Waals surface area contributed by atoms with Crippen molar-refractivity contribution < 1.29 is 0 Å². The first-order chi connectivity index (χ1) is 27.7. The molecule has 0 fully saturated rings. The van der Waals surface area contributed by atoms with Crippen LogP contribution in [-0.2, 0) is 10.8 Å². The largest absolute Gasteiger partial charge is 0.310 e. The van der Waals surface area contributed by atoms with Crippen LogP contribution in [0.1, 0.15) is 55.8 Å². The first-order valence-electron chi connectivity index (χ1n) is 19.7. The van der Waals surface area contributed by atoms with Crippen molar-refractivity contribution >= 4 is 34.1 Å². The lowest BCUT2D eigenvalue weighted by Crippen LogP contribution is -2.20. The predicted octanol–water partition coefficient (Wildman–Crippen LogP) is 13.4. The van der Waals surface area contributed by atoms with Gasteiger partial charge in [0.25, 0.3) is 0 Å². The summed E-state index contributed by atoms with van der Waals surface area (Å²) in [5.74, 6) is 0. The molecule has 2 aromatic heterocycles. The Morgan fingerprint density at radius 3 is 1.37 bits per heavy atom. The van der Waals surface area contributed by atoms with Gasteiger partial charge in [0.2, 0.25) is 0 Å². The SMILES string of the molecule is Cc1ccc(N(c2ccccc2)c2ccc3c(c2)C(C)(C)c2nc4c(nc2-3)C(C)(C)c2cc(-c3ccc(N(c5ccccc5)c5ccccc5)cn3)ccc2-4)cc1. The molecule has 0 amide bonds. The highest BCUT2D eigenvalue weighted by Crippen LogP contribution is 2.54. The van der Waals surface area contributed by atoms with Crippen molar-refractivity contribution in [3.05, 3.63) is 198 Å². The highest BCUT2D eigenvalue weighted by atomic mass is 15.2. The quantitative estimate of drug-likeness (QED) is 0.163. The van der Waals surface area contributed by atoms with E-state index in [4.69, 9.17) is 15.0 Å². The van der Waals surface area contributed by atoms with Gasteiger partial charge in [-0.2, -0.15) is 0 Å². The summed E-state index contributed by atoms with van der Waals surface area (Å²) in [5, 5.41) is 0. The standard InChI is InChI=1S/C52H43N5/c1-34-21-24-39(25-22-34)56(36-15-9-6-10-16-36)40-26-29-43-45(32-40)52(4,5)50-48(43)55-49-47(54-50)42-28-23-35(31-44(42)51(49,2)3)46-30-27-41(33-53-46)57(37-17-11-7-12-18-37)38-19-13-8-14-20-38/h6-33H,1-5H3. The molecule has 0 radical (unpaired) electrons. The van der Waals surface area contributed by atoms with Gasteiger partial charge in [-0.3, -0.25) is 4.98 Å². The topological polar surface area (TPSA) is 45.2 Å². The summed E-state index contributed by atoms with van der Waals surface area (Å²) in [6, 6.07) is 58.0. The fourth-order valence-corrected chi connectivity index (χ4v) is 8.77. The van der Waals surface area contributed by atoms with Gasteiger partial charge in [0, 0.05) is 56.0 Å². The maximum absolute atomic E-state index is 5.53. The Kier molecular flexibility index (Phi) is 7.98. The van der Waals surface area contributed by atoms with E-state index in [9.17, 15) is 0 Å². The molecule has 276 valence electrons. The highest BCUT2D eigenvalue weighted by Gasteiger charge is 2.44. The van der Waals surface area contributed by atoms with Crippen LogP contribution in [0.2, 0.25) is 0 Å². The van der Waals surface area contributed by atoms with E-state index >= 15 is 0 Å². The van der Waals surface area contributed by atoms with Crippen LogP contribution in [-0.4, -0.2) is 15.0 Å². The number of pyridine rings is 1. The number of aromatic nitrogens is 3. The van der Waals surface area contributed by atoms with Crippen molar-refractivity contribution in [2.75, 3.05) is 9.80 Å². The molecule has 0 N–H and O–H groups in total. The van der Waals surface area contributed by atoms with E-state index in [0.29, 0.717) is 0 Å². The molecule has 0 unspecified atom stereocenters. The van der Waals surface area contributed by atoms with Gasteiger partial charge < -0.3 is 9.80 Å². The molecule has 2 heterocycles. The molecule has 6 aromatic carbocycles. The summed E-state index contributed by atoms with van der Waals surface area (Å²) >= 11 is 0. The number of anilines is 6. The molecule has 8 aromatic rings. The number of hydrogen-bond donors (Lipinski definition) is 0. The van der Waals surface area contributed by atoms with Crippen molar-refractivity contribution in [2.45, 2.75) is 45.4 Å². The van der Waals surface area contributed by atoms with E-state index in [0.717, 1.165) is 79.3 Å². The summed E-state index contributed by atoms with van der Waals surface area (Å²) in [5.41, 5.74) is 17.9. The Morgan fingerprint density at radius 2 is 0.860 bits per heavy atom. The first-order valence-corrected chi connectivity index (χ1v) is 19.7. The summed E-state index contributed by atoms with van der Waals surface area (Å²) in [6.45, 7) is 11.3. The van der Waals surface area contributed by atoms with E-state index in [1.54, 1.807) is 0 Å². The molecule has 2 aliphatic rings. The minimum absolute atomic E-state index is 0.343. The van der Waals surface area contributed by atoms with Crippen molar-refractivity contribution in [3.63, 3.8) is 0 Å². The van der Waals surface area contributed by atoms with Crippen LogP contribution in [0.25, 0.3) is 33.8 Å². The highest BCUT2D eigenvalue weighted by molar-refractivity contribution is 5.87. The van der Waals surface area contributed by atoms with E-state index in [-0.39, 0.29) is 10.8 Å². The summed E-state index contributed by atoms with van der Waals surface area (Å²) in [4.78, 5) is 20.7. The third kappa shape index (κ3) is 5.64. The molecule has 0 aliphatic heterocycles. The lowest BCUT2D eigenvalue weighted by Gasteiger charge is -2.27. The third-order valence-electron chi connectivity index (χ3n) is 11.9. The Bertz CT molecular complexity index is 2740. The zero-order valence-electron chi connectivity index (χ0n) is 32.9. The van der Waals surface area contributed by atoms with Gasteiger partial charge >= 0.3 is 0 Å². The molecular weight excluding hydrogens is 695 g/mol. The van der Waals surface area contributed by atoms with Crippen molar-refractivity contribution in [3.8, 4) is 33.8 Å². The molecular formula is C52H43N5. The van der Waals surface area contributed by atoms with E-state index in [1.807, 2.05) is 18.3 Å². The van der Waals surface area contributed by atoms with Gasteiger partial charge in [0.15, 0.2) is 0 Å². The molecule has 5 heteroatoms. The summed E-state index contributed by atoms with van der Waals surface area (Å²) in [7, 11) is 0. The fraction of sp³-hybridized carbons (Fsp3) is 0.135. The maximum atomic E-state index is 5.53. The Labute approximate surface area is 335 Å². The van der Waals surface area contributed by atoms with Gasteiger partial charge in [-0.05, 0) is 96.9 Å². The van der Waals surface area contributed by atoms with Gasteiger partial charge in [-0.15, -0.1) is 0 Å². The summed E-state index contributed by atoms with van der Waals surface area (Å²) in [6.07, 6.45) is 1.97. The molecule has 57 heavy (non-hydrogen) atoms. The molecule has 0 atom stereocenters. The number of nitrogens with zero attached hydrogens (tertiary/aromatic N) is 5. The predicted molar refractivity (Wildman–Crippen MR) is 234 cm³/mol. The Morgan fingerprint density at radius 1 is 0.421 bits per heavy atom. The number of hydrogen-bond acceptors (Lipinski definition) is 5. The minimum atomic E-state index is -0.345. The second-order valence-electron chi connectivity index (χ2n) is 16.3. The number of fused-ring (bicyclic) bond motifs is 6. The van der Waals surface area contributed by atoms with Crippen molar-refractivity contribution in [1.82, 2.24) is 15.0 Å². The lowest BCUT2D eigenvalue weighted by molar-refractivity contribution is 0.617. The van der Waals surface area contributed by atoms with E-state index in [1.165, 1.54) is 16.7 Å². The van der Waals surface area contributed by atoms with Crippen molar-refractivity contribution in [2.24, 2.45) is 0 Å². The molecule has 0 saturated heterocycles. The number of para-hydroxylation sites is 3. The van der Waals surface area contributed by atoms with Crippen LogP contribution in [0.5, 0.6) is 0 Å². The second kappa shape index (κ2) is 13.1. The zero-order chi connectivity index (χ0) is 38.9. The monoisotopic (exact) mass is 737 g/mol. The summed E-state index contributed by atoms with van der Waals surface area (Å²) < 4.78 is 0. The van der Waals surface area contributed by atoms with Crippen LogP contribution in [0.4, 0.5) is 34.1 Å². The van der Waals surface area contributed by atoms with Crippen LogP contribution in [0, 0.1) is 6.92 Å². The number of aryl methyl sites for hydroxylation is 1. The molecule has 10 rings (SSSR count). The fourth-order valence-electron chi connectivity index (χ4n) is 8.77. The maximum Gasteiger partial charge on any atom is 0.0933 e. The smallest absolute Gasteiger partial charge is 0.0933 e. The third-order valence-corrected chi connectivity index (χ3v) is 11.9.